The second-order valence-corrected chi connectivity index (χ2v) is 13.4. The molecular weight excluding hydrogens is 512 g/mol. The number of aryl methyl sites for hydroxylation is 1. The van der Waals surface area contributed by atoms with Gasteiger partial charge in [-0.3, -0.25) is 0 Å². The summed E-state index contributed by atoms with van der Waals surface area (Å²) in [4.78, 5) is 16.3. The standard InChI is InChI=1S/C11H18N2O.2C11H17NO.CH4/c1-9-7-12-10(13-8-9)14-6-5-11(2,3)4;2*1-11(2,3)7-9-13-10-6-4-5-8-12-10;/h7-8H,5-6H2,1-4H3;2*4-6,8H,7,9H2,1-3H3;1H4. The van der Waals surface area contributed by atoms with Crippen LogP contribution in [0.15, 0.2) is 61.2 Å². The topological polar surface area (TPSA) is 79.2 Å². The average Bonchev–Trinajstić information content (AvgIpc) is 2.85. The number of nitrogens with zero attached hydrogens (tertiary/aromatic N) is 4. The van der Waals surface area contributed by atoms with Gasteiger partial charge < -0.3 is 14.2 Å². The lowest BCUT2D eigenvalue weighted by Crippen LogP contribution is -2.12. The van der Waals surface area contributed by atoms with E-state index in [0.717, 1.165) is 38.0 Å². The molecule has 3 rings (SSSR count). The number of ether oxygens (including phenoxy) is 3. The van der Waals surface area contributed by atoms with Crippen LogP contribution in [0.5, 0.6) is 17.8 Å². The third-order valence-electron chi connectivity index (χ3n) is 5.32. The van der Waals surface area contributed by atoms with Crippen molar-refractivity contribution in [3.05, 3.63) is 66.7 Å². The van der Waals surface area contributed by atoms with Crippen LogP contribution < -0.4 is 14.2 Å². The molecule has 0 N–H and O–H groups in total. The molecule has 0 spiro atoms. The van der Waals surface area contributed by atoms with Gasteiger partial charge in [0.15, 0.2) is 0 Å². The molecule has 3 aromatic rings. The Hall–Kier alpha value is -3.22. The Kier molecular flexibility index (Phi) is 17.5. The van der Waals surface area contributed by atoms with Crippen molar-refractivity contribution in [2.45, 2.75) is 95.9 Å². The first kappa shape index (κ1) is 37.8. The number of rotatable bonds is 9. The normalized spacial score (nSPS) is 11.1. The SMILES string of the molecule is C.CC(C)(C)CCOc1ccccn1.CC(C)(C)CCOc1ccccn1.Cc1cnc(OCCC(C)(C)C)nc1. The average molecular weight is 569 g/mol. The van der Waals surface area contributed by atoms with Crippen LogP contribution in [0.2, 0.25) is 0 Å². The third kappa shape index (κ3) is 23.2. The smallest absolute Gasteiger partial charge is 0.316 e. The first-order chi connectivity index (χ1) is 18.6. The number of pyridine rings is 2. The van der Waals surface area contributed by atoms with Crippen molar-refractivity contribution in [1.29, 1.82) is 0 Å². The summed E-state index contributed by atoms with van der Waals surface area (Å²) in [6.07, 6.45) is 10.1. The van der Waals surface area contributed by atoms with Crippen LogP contribution in [0.25, 0.3) is 0 Å². The molecule has 7 nitrogen and oxygen atoms in total. The highest BCUT2D eigenvalue weighted by Crippen LogP contribution is 2.20. The van der Waals surface area contributed by atoms with Crippen molar-refractivity contribution in [3.8, 4) is 17.8 Å². The lowest BCUT2D eigenvalue weighted by molar-refractivity contribution is 0.228. The molecule has 0 saturated heterocycles. The summed E-state index contributed by atoms with van der Waals surface area (Å²) in [6, 6.07) is 11.9. The van der Waals surface area contributed by atoms with Crippen LogP contribution in [0.1, 0.15) is 94.6 Å². The molecule has 41 heavy (non-hydrogen) atoms. The molecule has 0 radical (unpaired) electrons. The highest BCUT2D eigenvalue weighted by atomic mass is 16.5. The maximum atomic E-state index is 5.47. The van der Waals surface area contributed by atoms with Gasteiger partial charge in [-0.05, 0) is 60.1 Å². The molecule has 0 aliphatic rings. The van der Waals surface area contributed by atoms with Crippen molar-refractivity contribution < 1.29 is 14.2 Å². The summed E-state index contributed by atoms with van der Waals surface area (Å²) in [5.41, 5.74) is 2.00. The Morgan fingerprint density at radius 1 is 0.537 bits per heavy atom. The van der Waals surface area contributed by atoms with Crippen LogP contribution >= 0.6 is 0 Å². The number of aromatic nitrogens is 4. The van der Waals surface area contributed by atoms with Gasteiger partial charge in [-0.25, -0.2) is 19.9 Å². The van der Waals surface area contributed by atoms with Gasteiger partial charge in [0, 0.05) is 36.9 Å². The summed E-state index contributed by atoms with van der Waals surface area (Å²) in [5, 5.41) is 0. The minimum Gasteiger partial charge on any atom is -0.478 e. The molecule has 0 fully saturated rings. The summed E-state index contributed by atoms with van der Waals surface area (Å²) < 4.78 is 16.4. The Bertz CT molecular complexity index is 969. The molecule has 0 amide bonds. The predicted molar refractivity (Wildman–Crippen MR) is 171 cm³/mol. The Morgan fingerprint density at radius 3 is 1.22 bits per heavy atom. The minimum atomic E-state index is 0. The van der Waals surface area contributed by atoms with E-state index in [-0.39, 0.29) is 7.43 Å². The maximum Gasteiger partial charge on any atom is 0.316 e. The van der Waals surface area contributed by atoms with E-state index in [9.17, 15) is 0 Å². The first-order valence-corrected chi connectivity index (χ1v) is 14.1. The molecule has 0 atom stereocenters. The largest absolute Gasteiger partial charge is 0.478 e. The second-order valence-electron chi connectivity index (χ2n) is 13.4. The van der Waals surface area contributed by atoms with Gasteiger partial charge in [0.05, 0.1) is 19.8 Å². The maximum absolute atomic E-state index is 5.47. The highest BCUT2D eigenvalue weighted by molar-refractivity contribution is 5.09. The molecule has 0 bridgehead atoms. The minimum absolute atomic E-state index is 0. The quantitative estimate of drug-likeness (QED) is 0.255. The lowest BCUT2D eigenvalue weighted by atomic mass is 9.93. The number of hydrogen-bond donors (Lipinski definition) is 0. The molecule has 3 aromatic heterocycles. The summed E-state index contributed by atoms with van der Waals surface area (Å²) in [6.45, 7) is 23.9. The van der Waals surface area contributed by atoms with Gasteiger partial charge in [-0.2, -0.15) is 0 Å². The van der Waals surface area contributed by atoms with Crippen molar-refractivity contribution in [2.24, 2.45) is 16.2 Å². The van der Waals surface area contributed by atoms with Crippen LogP contribution in [0.3, 0.4) is 0 Å². The zero-order valence-corrected chi connectivity index (χ0v) is 26.5. The molecule has 230 valence electrons. The monoisotopic (exact) mass is 568 g/mol. The lowest BCUT2D eigenvalue weighted by Gasteiger charge is -2.17. The van der Waals surface area contributed by atoms with E-state index >= 15 is 0 Å². The van der Waals surface area contributed by atoms with E-state index in [2.05, 4.69) is 82.2 Å². The van der Waals surface area contributed by atoms with Gasteiger partial charge in [0.1, 0.15) is 0 Å². The summed E-state index contributed by atoms with van der Waals surface area (Å²) >= 11 is 0. The van der Waals surface area contributed by atoms with E-state index in [1.807, 2.05) is 43.3 Å². The van der Waals surface area contributed by atoms with Gasteiger partial charge in [-0.1, -0.05) is 81.9 Å². The molecule has 3 heterocycles. The van der Waals surface area contributed by atoms with Crippen molar-refractivity contribution >= 4 is 0 Å². The molecule has 0 aromatic carbocycles. The van der Waals surface area contributed by atoms with Crippen molar-refractivity contribution in [1.82, 2.24) is 19.9 Å². The Labute approximate surface area is 250 Å². The number of hydrogen-bond acceptors (Lipinski definition) is 7. The van der Waals surface area contributed by atoms with Gasteiger partial charge in [0.2, 0.25) is 11.8 Å². The van der Waals surface area contributed by atoms with E-state index in [1.54, 1.807) is 24.8 Å². The Morgan fingerprint density at radius 2 is 0.902 bits per heavy atom. The zero-order valence-electron chi connectivity index (χ0n) is 26.5. The summed E-state index contributed by atoms with van der Waals surface area (Å²) in [7, 11) is 0. The third-order valence-corrected chi connectivity index (χ3v) is 5.32. The zero-order chi connectivity index (χ0) is 30.1. The van der Waals surface area contributed by atoms with E-state index in [0.29, 0.717) is 40.6 Å². The second kappa shape index (κ2) is 19.0. The van der Waals surface area contributed by atoms with Crippen LogP contribution in [0, 0.1) is 23.2 Å². The fourth-order valence-corrected chi connectivity index (χ4v) is 2.69. The van der Waals surface area contributed by atoms with Crippen molar-refractivity contribution in [3.63, 3.8) is 0 Å². The van der Waals surface area contributed by atoms with E-state index < -0.39 is 0 Å². The van der Waals surface area contributed by atoms with Crippen LogP contribution in [-0.2, 0) is 0 Å². The van der Waals surface area contributed by atoms with Gasteiger partial charge in [-0.15, -0.1) is 0 Å². The van der Waals surface area contributed by atoms with Gasteiger partial charge in [0.25, 0.3) is 0 Å². The van der Waals surface area contributed by atoms with Gasteiger partial charge >= 0.3 is 6.01 Å². The highest BCUT2D eigenvalue weighted by Gasteiger charge is 2.11. The first-order valence-electron chi connectivity index (χ1n) is 14.1. The molecular formula is C34H56N4O3. The molecule has 0 aliphatic carbocycles. The van der Waals surface area contributed by atoms with Crippen molar-refractivity contribution in [2.75, 3.05) is 19.8 Å². The van der Waals surface area contributed by atoms with Crippen LogP contribution in [-0.4, -0.2) is 39.8 Å². The molecule has 0 aliphatic heterocycles. The molecule has 0 unspecified atom stereocenters. The predicted octanol–water partition coefficient (Wildman–Crippen LogP) is 9.03. The Balaban J connectivity index is 0.000000579. The van der Waals surface area contributed by atoms with E-state index in [1.165, 1.54) is 0 Å². The van der Waals surface area contributed by atoms with E-state index in [4.69, 9.17) is 14.2 Å². The van der Waals surface area contributed by atoms with Crippen LogP contribution in [0.4, 0.5) is 0 Å². The fraction of sp³-hybridized carbons (Fsp3) is 0.588. The summed E-state index contributed by atoms with van der Waals surface area (Å²) in [5.74, 6) is 1.43. The molecule has 7 heteroatoms. The fourth-order valence-electron chi connectivity index (χ4n) is 2.69. The molecule has 0 saturated carbocycles.